The fourth-order valence-electron chi connectivity index (χ4n) is 3.36. The van der Waals surface area contributed by atoms with E-state index < -0.39 is 0 Å². The maximum atomic E-state index is 14.1. The maximum absolute atomic E-state index is 14.1. The van der Waals surface area contributed by atoms with E-state index in [9.17, 15) is 14.0 Å². The summed E-state index contributed by atoms with van der Waals surface area (Å²) in [5.74, 6) is -0.279. The Labute approximate surface area is 172 Å². The number of nitrogens with zero attached hydrogens (tertiary/aromatic N) is 4. The molecule has 2 heterocycles. The molecule has 6 nitrogen and oxygen atoms in total. The van der Waals surface area contributed by atoms with Crippen LogP contribution in [0.1, 0.15) is 22.1 Å². The number of fused-ring (bicyclic) bond motifs is 1. The van der Waals surface area contributed by atoms with Gasteiger partial charge in [-0.05, 0) is 24.3 Å². The lowest BCUT2D eigenvalue weighted by Gasteiger charge is -2.10. The molecule has 7 heteroatoms. The second kappa shape index (κ2) is 7.51. The Morgan fingerprint density at radius 3 is 2.33 bits per heavy atom. The zero-order chi connectivity index (χ0) is 21.4. The van der Waals surface area contributed by atoms with Crippen LogP contribution in [0.5, 0.6) is 0 Å². The first-order chi connectivity index (χ1) is 14.4. The van der Waals surface area contributed by atoms with E-state index in [-0.39, 0.29) is 17.6 Å². The number of hydrogen-bond donors (Lipinski definition) is 0. The van der Waals surface area contributed by atoms with E-state index in [1.165, 1.54) is 22.5 Å². The van der Waals surface area contributed by atoms with Gasteiger partial charge in [-0.2, -0.15) is 0 Å². The number of benzene rings is 2. The molecular weight excluding hydrogens is 383 g/mol. The zero-order valence-electron chi connectivity index (χ0n) is 16.8. The van der Waals surface area contributed by atoms with Gasteiger partial charge in [0.2, 0.25) is 5.91 Å². The fraction of sp³-hybridized carbons (Fsp3) is 0.130. The molecule has 0 bridgehead atoms. The Kier molecular flexibility index (Phi) is 4.87. The average Bonchev–Trinajstić information content (AvgIpc) is 3.13. The number of rotatable bonds is 3. The van der Waals surface area contributed by atoms with Gasteiger partial charge in [0.25, 0.3) is 5.91 Å². The molecule has 0 saturated heterocycles. The van der Waals surface area contributed by atoms with Crippen LogP contribution in [0.15, 0.2) is 61.1 Å². The molecule has 0 unspecified atom stereocenters. The summed E-state index contributed by atoms with van der Waals surface area (Å²) in [5, 5.41) is 0.691. The smallest absolute Gasteiger partial charge is 0.253 e. The van der Waals surface area contributed by atoms with E-state index in [2.05, 4.69) is 9.97 Å². The number of amides is 1. The highest BCUT2D eigenvalue weighted by molar-refractivity contribution is 6.04. The molecule has 0 aliphatic rings. The topological polar surface area (TPSA) is 68.1 Å². The van der Waals surface area contributed by atoms with Crippen molar-refractivity contribution in [1.82, 2.24) is 19.4 Å². The minimum atomic E-state index is -0.353. The molecular formula is C23H19FN4O2. The third kappa shape index (κ3) is 3.34. The lowest BCUT2D eigenvalue weighted by Crippen LogP contribution is -2.21. The Morgan fingerprint density at radius 1 is 1.00 bits per heavy atom. The van der Waals surface area contributed by atoms with Crippen molar-refractivity contribution in [3.05, 3.63) is 72.4 Å². The molecule has 4 aromatic rings. The molecule has 0 saturated carbocycles. The summed E-state index contributed by atoms with van der Waals surface area (Å²) in [5.41, 5.74) is 2.74. The molecule has 0 aliphatic heterocycles. The van der Waals surface area contributed by atoms with Crippen molar-refractivity contribution in [1.29, 1.82) is 0 Å². The van der Waals surface area contributed by atoms with Crippen molar-refractivity contribution in [2.24, 2.45) is 0 Å². The van der Waals surface area contributed by atoms with Crippen molar-refractivity contribution in [2.75, 3.05) is 14.1 Å². The number of carbonyl (C=O) groups is 2. The van der Waals surface area contributed by atoms with Gasteiger partial charge in [0, 0.05) is 67.2 Å². The van der Waals surface area contributed by atoms with Crippen LogP contribution in [-0.2, 0) is 0 Å². The minimum Gasteiger partial charge on any atom is -0.345 e. The summed E-state index contributed by atoms with van der Waals surface area (Å²) in [6.07, 6.45) is 4.76. The molecule has 150 valence electrons. The van der Waals surface area contributed by atoms with Gasteiger partial charge in [-0.1, -0.05) is 18.2 Å². The van der Waals surface area contributed by atoms with Gasteiger partial charge in [-0.3, -0.25) is 14.2 Å². The first kappa shape index (κ1) is 19.4. The lowest BCUT2D eigenvalue weighted by atomic mass is 10.1. The molecule has 4 rings (SSSR count). The fourth-order valence-corrected chi connectivity index (χ4v) is 3.36. The highest BCUT2D eigenvalue weighted by Crippen LogP contribution is 2.31. The molecule has 0 N–H and O–H groups in total. The second-order valence-electron chi connectivity index (χ2n) is 7.14. The van der Waals surface area contributed by atoms with E-state index in [1.807, 2.05) is 0 Å². The van der Waals surface area contributed by atoms with Crippen LogP contribution in [0.3, 0.4) is 0 Å². The third-order valence-corrected chi connectivity index (χ3v) is 4.87. The monoisotopic (exact) mass is 402 g/mol. The summed E-state index contributed by atoms with van der Waals surface area (Å²) >= 11 is 0. The standard InChI is InChI=1S/C23H19FN4O2/c1-14(29)28-13-19(18-10-15(8-9-21(18)28)23(30)27(2)3)22-25-11-16(12-26-22)17-6-4-5-7-20(17)24/h4-13H,1-3H3. The summed E-state index contributed by atoms with van der Waals surface area (Å²) in [7, 11) is 3.36. The number of aromatic nitrogens is 3. The van der Waals surface area contributed by atoms with E-state index in [0.717, 1.165) is 0 Å². The first-order valence-corrected chi connectivity index (χ1v) is 9.32. The van der Waals surface area contributed by atoms with Gasteiger partial charge < -0.3 is 4.90 Å². The molecule has 2 aromatic carbocycles. The largest absolute Gasteiger partial charge is 0.345 e. The molecule has 0 aliphatic carbocycles. The van der Waals surface area contributed by atoms with Crippen LogP contribution in [-0.4, -0.2) is 45.3 Å². The van der Waals surface area contributed by atoms with Gasteiger partial charge in [0.15, 0.2) is 5.82 Å². The summed E-state index contributed by atoms with van der Waals surface area (Å²) < 4.78 is 15.6. The van der Waals surface area contributed by atoms with Crippen LogP contribution in [0.2, 0.25) is 0 Å². The summed E-state index contributed by atoms with van der Waals surface area (Å²) in [6.45, 7) is 1.46. The van der Waals surface area contributed by atoms with Crippen LogP contribution < -0.4 is 0 Å². The number of hydrogen-bond acceptors (Lipinski definition) is 4. The SMILES string of the molecule is CC(=O)n1cc(-c2ncc(-c3ccccc3F)cn2)c2cc(C(=O)N(C)C)ccc21. The first-order valence-electron chi connectivity index (χ1n) is 9.32. The van der Waals surface area contributed by atoms with Crippen molar-refractivity contribution in [3.8, 4) is 22.5 Å². The van der Waals surface area contributed by atoms with Crippen LogP contribution in [0, 0.1) is 5.82 Å². The maximum Gasteiger partial charge on any atom is 0.253 e. The lowest BCUT2D eigenvalue weighted by molar-refractivity contribution is 0.0827. The second-order valence-corrected chi connectivity index (χ2v) is 7.14. The number of halogens is 1. The van der Waals surface area contributed by atoms with E-state index >= 15 is 0 Å². The molecule has 1 amide bonds. The molecule has 0 fully saturated rings. The Morgan fingerprint density at radius 2 is 1.70 bits per heavy atom. The predicted octanol–water partition coefficient (Wildman–Crippen LogP) is 4.27. The van der Waals surface area contributed by atoms with Crippen molar-refractivity contribution in [3.63, 3.8) is 0 Å². The van der Waals surface area contributed by atoms with Crippen molar-refractivity contribution in [2.45, 2.75) is 6.92 Å². The normalized spacial score (nSPS) is 10.9. The van der Waals surface area contributed by atoms with Gasteiger partial charge >= 0.3 is 0 Å². The van der Waals surface area contributed by atoms with Crippen LogP contribution in [0.25, 0.3) is 33.4 Å². The molecule has 0 spiro atoms. The molecule has 0 atom stereocenters. The van der Waals surface area contributed by atoms with Crippen LogP contribution in [0.4, 0.5) is 4.39 Å². The molecule has 0 radical (unpaired) electrons. The Hall–Kier alpha value is -3.87. The Bertz CT molecular complexity index is 1280. The zero-order valence-corrected chi connectivity index (χ0v) is 16.8. The Balaban J connectivity index is 1.85. The third-order valence-electron chi connectivity index (χ3n) is 4.87. The van der Waals surface area contributed by atoms with Gasteiger partial charge in [0.05, 0.1) is 5.52 Å². The van der Waals surface area contributed by atoms with E-state index in [4.69, 9.17) is 0 Å². The van der Waals surface area contributed by atoms with Gasteiger partial charge in [-0.25, -0.2) is 14.4 Å². The molecule has 2 aromatic heterocycles. The van der Waals surface area contributed by atoms with Crippen molar-refractivity contribution < 1.29 is 14.0 Å². The summed E-state index contributed by atoms with van der Waals surface area (Å²) in [4.78, 5) is 34.8. The van der Waals surface area contributed by atoms with Crippen LogP contribution >= 0.6 is 0 Å². The van der Waals surface area contributed by atoms with Crippen molar-refractivity contribution >= 4 is 22.7 Å². The van der Waals surface area contributed by atoms with E-state index in [1.54, 1.807) is 69.1 Å². The van der Waals surface area contributed by atoms with E-state index in [0.29, 0.717) is 39.0 Å². The highest BCUT2D eigenvalue weighted by atomic mass is 19.1. The molecule has 30 heavy (non-hydrogen) atoms. The quantitative estimate of drug-likeness (QED) is 0.513. The predicted molar refractivity (Wildman–Crippen MR) is 113 cm³/mol. The average molecular weight is 402 g/mol. The summed E-state index contributed by atoms with van der Waals surface area (Å²) in [6, 6.07) is 11.6. The van der Waals surface area contributed by atoms with Gasteiger partial charge in [-0.15, -0.1) is 0 Å². The minimum absolute atomic E-state index is 0.144. The number of carbonyl (C=O) groups excluding carboxylic acids is 2. The highest BCUT2D eigenvalue weighted by Gasteiger charge is 2.18. The van der Waals surface area contributed by atoms with Gasteiger partial charge in [0.1, 0.15) is 5.82 Å².